The van der Waals surface area contributed by atoms with Gasteiger partial charge in [-0.1, -0.05) is 0 Å². The molecule has 0 amide bonds. The number of nitro benzene ring substituents is 1. The highest BCUT2D eigenvalue weighted by Gasteiger charge is 2.30. The molecule has 0 saturated carbocycles. The average molecular weight is 250 g/mol. The van der Waals surface area contributed by atoms with Gasteiger partial charge in [-0.2, -0.15) is 13.2 Å². The van der Waals surface area contributed by atoms with Crippen LogP contribution >= 0.6 is 0 Å². The van der Waals surface area contributed by atoms with Gasteiger partial charge in [-0.3, -0.25) is 15.4 Å². The SMILES string of the molecule is CCOc1ccc([N+](=O)[O-])c(NC(F)(F)F)c1. The van der Waals surface area contributed by atoms with Crippen molar-refractivity contribution >= 4 is 11.4 Å². The predicted molar refractivity (Wildman–Crippen MR) is 53.9 cm³/mol. The molecule has 94 valence electrons. The first-order valence-corrected chi connectivity index (χ1v) is 4.59. The topological polar surface area (TPSA) is 64.4 Å². The molecule has 0 spiro atoms. The molecule has 0 atom stereocenters. The number of rotatable bonds is 4. The fourth-order valence-corrected chi connectivity index (χ4v) is 1.18. The van der Waals surface area contributed by atoms with E-state index in [2.05, 4.69) is 0 Å². The lowest BCUT2D eigenvalue weighted by atomic mass is 10.2. The number of alkyl halides is 3. The molecule has 0 aliphatic heterocycles. The maximum atomic E-state index is 12.1. The average Bonchev–Trinajstić information content (AvgIpc) is 2.15. The Bertz CT molecular complexity index is 420. The summed E-state index contributed by atoms with van der Waals surface area (Å²) in [5.41, 5.74) is -1.31. The van der Waals surface area contributed by atoms with Gasteiger partial charge in [0.25, 0.3) is 5.69 Å². The zero-order valence-electron chi connectivity index (χ0n) is 8.75. The van der Waals surface area contributed by atoms with Crippen molar-refractivity contribution in [3.8, 4) is 5.75 Å². The number of anilines is 1. The summed E-state index contributed by atoms with van der Waals surface area (Å²) in [7, 11) is 0. The van der Waals surface area contributed by atoms with Crippen LogP contribution in [0.3, 0.4) is 0 Å². The highest BCUT2D eigenvalue weighted by atomic mass is 19.4. The first-order chi connectivity index (χ1) is 7.83. The largest absolute Gasteiger partial charge is 0.494 e. The molecule has 0 aromatic heterocycles. The second-order valence-electron chi connectivity index (χ2n) is 2.99. The lowest BCUT2D eigenvalue weighted by Crippen LogP contribution is -2.21. The van der Waals surface area contributed by atoms with E-state index >= 15 is 0 Å². The van der Waals surface area contributed by atoms with Crippen LogP contribution in [0.5, 0.6) is 5.75 Å². The summed E-state index contributed by atoms with van der Waals surface area (Å²) < 4.78 is 41.3. The number of nitro groups is 1. The Hall–Kier alpha value is -1.99. The van der Waals surface area contributed by atoms with E-state index in [4.69, 9.17) is 4.74 Å². The van der Waals surface area contributed by atoms with E-state index in [1.54, 1.807) is 6.92 Å². The van der Waals surface area contributed by atoms with E-state index in [1.165, 1.54) is 6.07 Å². The third kappa shape index (κ3) is 3.82. The van der Waals surface area contributed by atoms with E-state index in [9.17, 15) is 23.3 Å². The molecule has 1 aromatic carbocycles. The van der Waals surface area contributed by atoms with Crippen molar-refractivity contribution in [2.24, 2.45) is 0 Å². The summed E-state index contributed by atoms with van der Waals surface area (Å²) in [4.78, 5) is 9.64. The van der Waals surface area contributed by atoms with E-state index in [-0.39, 0.29) is 12.4 Å². The maximum absolute atomic E-state index is 12.1. The number of benzene rings is 1. The minimum absolute atomic E-state index is 0.129. The van der Waals surface area contributed by atoms with Crippen molar-refractivity contribution in [1.82, 2.24) is 0 Å². The molecule has 17 heavy (non-hydrogen) atoms. The molecule has 0 bridgehead atoms. The second-order valence-corrected chi connectivity index (χ2v) is 2.99. The molecule has 5 nitrogen and oxygen atoms in total. The minimum atomic E-state index is -4.74. The number of nitrogens with zero attached hydrogens (tertiary/aromatic N) is 1. The third-order valence-corrected chi connectivity index (χ3v) is 1.75. The van der Waals surface area contributed by atoms with Gasteiger partial charge in [0.05, 0.1) is 11.5 Å². The van der Waals surface area contributed by atoms with Gasteiger partial charge in [0.1, 0.15) is 11.4 Å². The quantitative estimate of drug-likeness (QED) is 0.507. The Morgan fingerprint density at radius 1 is 1.47 bits per heavy atom. The molecule has 0 saturated heterocycles. The Kier molecular flexibility index (Phi) is 3.77. The number of hydrogen-bond acceptors (Lipinski definition) is 4. The van der Waals surface area contributed by atoms with Crippen molar-refractivity contribution < 1.29 is 22.8 Å². The molecule has 0 radical (unpaired) electrons. The Morgan fingerprint density at radius 2 is 2.12 bits per heavy atom. The van der Waals surface area contributed by atoms with Crippen LogP contribution in [-0.4, -0.2) is 17.8 Å². The van der Waals surface area contributed by atoms with Crippen LogP contribution in [0.1, 0.15) is 6.92 Å². The summed E-state index contributed by atoms with van der Waals surface area (Å²) in [5, 5.41) is 11.6. The van der Waals surface area contributed by atoms with Gasteiger partial charge in [0, 0.05) is 12.1 Å². The number of halogens is 3. The summed E-state index contributed by atoms with van der Waals surface area (Å²) in [6.45, 7) is 1.90. The van der Waals surface area contributed by atoms with Gasteiger partial charge < -0.3 is 4.74 Å². The molecule has 0 fully saturated rings. The Morgan fingerprint density at radius 3 is 2.59 bits per heavy atom. The van der Waals surface area contributed by atoms with Crippen molar-refractivity contribution in [2.45, 2.75) is 13.2 Å². The monoisotopic (exact) mass is 250 g/mol. The van der Waals surface area contributed by atoms with Gasteiger partial charge >= 0.3 is 6.30 Å². The van der Waals surface area contributed by atoms with E-state index < -0.39 is 22.6 Å². The van der Waals surface area contributed by atoms with Gasteiger partial charge in [0.2, 0.25) is 0 Å². The number of ether oxygens (including phenoxy) is 1. The zero-order chi connectivity index (χ0) is 13.1. The van der Waals surface area contributed by atoms with Crippen LogP contribution in [0.15, 0.2) is 18.2 Å². The molecule has 1 rings (SSSR count). The summed E-state index contributed by atoms with van der Waals surface area (Å²) in [6, 6.07) is 3.14. The fraction of sp³-hybridized carbons (Fsp3) is 0.333. The predicted octanol–water partition coefficient (Wildman–Crippen LogP) is 2.93. The normalized spacial score (nSPS) is 11.1. The smallest absolute Gasteiger partial charge is 0.482 e. The second kappa shape index (κ2) is 4.89. The summed E-state index contributed by atoms with van der Waals surface area (Å²) in [5.74, 6) is 0.129. The lowest BCUT2D eigenvalue weighted by Gasteiger charge is -2.11. The molecule has 0 heterocycles. The molecule has 0 unspecified atom stereocenters. The van der Waals surface area contributed by atoms with Gasteiger partial charge in [-0.25, -0.2) is 0 Å². The van der Waals surface area contributed by atoms with E-state index in [0.717, 1.165) is 17.4 Å². The van der Waals surface area contributed by atoms with Crippen LogP contribution < -0.4 is 10.1 Å². The first-order valence-electron chi connectivity index (χ1n) is 4.59. The highest BCUT2D eigenvalue weighted by molar-refractivity contribution is 5.64. The molecule has 0 aliphatic rings. The standard InChI is InChI=1S/C9H9F3N2O3/c1-2-17-6-3-4-8(14(15)16)7(5-6)13-9(10,11)12/h3-5,13H,2H2,1H3. The third-order valence-electron chi connectivity index (χ3n) is 1.75. The van der Waals surface area contributed by atoms with Crippen LogP contribution in [0.25, 0.3) is 0 Å². The first kappa shape index (κ1) is 13.1. The van der Waals surface area contributed by atoms with Crippen LogP contribution in [-0.2, 0) is 0 Å². The van der Waals surface area contributed by atoms with E-state index in [1.807, 2.05) is 0 Å². The van der Waals surface area contributed by atoms with E-state index in [0.29, 0.717) is 0 Å². The van der Waals surface area contributed by atoms with Crippen LogP contribution in [0.4, 0.5) is 24.5 Å². The van der Waals surface area contributed by atoms with Crippen molar-refractivity contribution in [2.75, 3.05) is 11.9 Å². The lowest BCUT2D eigenvalue weighted by molar-refractivity contribution is -0.384. The molecule has 8 heteroatoms. The summed E-state index contributed by atoms with van der Waals surface area (Å²) >= 11 is 0. The maximum Gasteiger partial charge on any atom is 0.482 e. The number of nitrogens with one attached hydrogen (secondary N) is 1. The minimum Gasteiger partial charge on any atom is -0.494 e. The number of hydrogen-bond donors (Lipinski definition) is 1. The molecular formula is C9H9F3N2O3. The van der Waals surface area contributed by atoms with Gasteiger partial charge in [0.15, 0.2) is 0 Å². The Labute approximate surface area is 94.3 Å². The van der Waals surface area contributed by atoms with Gasteiger partial charge in [-0.15, -0.1) is 0 Å². The summed E-state index contributed by atoms with van der Waals surface area (Å²) in [6.07, 6.45) is -4.74. The molecule has 1 aromatic rings. The highest BCUT2D eigenvalue weighted by Crippen LogP contribution is 2.32. The van der Waals surface area contributed by atoms with Crippen LogP contribution in [0, 0.1) is 10.1 Å². The molecular weight excluding hydrogens is 241 g/mol. The van der Waals surface area contributed by atoms with Gasteiger partial charge in [-0.05, 0) is 13.0 Å². The molecule has 1 N–H and O–H groups in total. The zero-order valence-corrected chi connectivity index (χ0v) is 8.75. The van der Waals surface area contributed by atoms with Crippen LogP contribution in [0.2, 0.25) is 0 Å². The van der Waals surface area contributed by atoms with Crippen molar-refractivity contribution in [1.29, 1.82) is 0 Å². The van der Waals surface area contributed by atoms with Crippen molar-refractivity contribution in [3.05, 3.63) is 28.3 Å². The molecule has 0 aliphatic carbocycles. The fourth-order valence-electron chi connectivity index (χ4n) is 1.18. The Balaban J connectivity index is 3.11. The van der Waals surface area contributed by atoms with Crippen molar-refractivity contribution in [3.63, 3.8) is 0 Å².